The SMILES string of the molecule is CN(Cc1cn(C)cn1)C1CNC1. The molecule has 0 aromatic carbocycles. The molecular weight excluding hydrogens is 164 g/mol. The average Bonchev–Trinajstić information content (AvgIpc) is 2.31. The van der Waals surface area contributed by atoms with Crippen LogP contribution in [0.25, 0.3) is 0 Å². The van der Waals surface area contributed by atoms with Gasteiger partial charge in [0, 0.05) is 38.9 Å². The van der Waals surface area contributed by atoms with Gasteiger partial charge in [0.05, 0.1) is 12.0 Å². The summed E-state index contributed by atoms with van der Waals surface area (Å²) < 4.78 is 1.99. The Morgan fingerprint density at radius 2 is 2.46 bits per heavy atom. The first kappa shape index (κ1) is 8.72. The molecule has 4 nitrogen and oxygen atoms in total. The van der Waals surface area contributed by atoms with Crippen LogP contribution in [0.1, 0.15) is 5.69 Å². The van der Waals surface area contributed by atoms with Gasteiger partial charge in [-0.3, -0.25) is 4.90 Å². The third kappa shape index (κ3) is 1.89. The van der Waals surface area contributed by atoms with Crippen molar-refractivity contribution in [1.82, 2.24) is 19.8 Å². The number of hydrogen-bond acceptors (Lipinski definition) is 3. The summed E-state index contributed by atoms with van der Waals surface area (Å²) in [5, 5.41) is 3.27. The molecule has 0 atom stereocenters. The molecule has 1 fully saturated rings. The molecule has 0 unspecified atom stereocenters. The number of nitrogens with one attached hydrogen (secondary N) is 1. The van der Waals surface area contributed by atoms with Crippen LogP contribution in [0.15, 0.2) is 12.5 Å². The molecule has 1 aliphatic rings. The highest BCUT2D eigenvalue weighted by molar-refractivity contribution is 4.97. The van der Waals surface area contributed by atoms with E-state index in [2.05, 4.69) is 28.4 Å². The summed E-state index contributed by atoms with van der Waals surface area (Å²) in [6.45, 7) is 3.18. The highest BCUT2D eigenvalue weighted by Crippen LogP contribution is 2.06. The average molecular weight is 180 g/mol. The van der Waals surface area contributed by atoms with Gasteiger partial charge in [-0.1, -0.05) is 0 Å². The van der Waals surface area contributed by atoms with Crippen LogP contribution in [0.4, 0.5) is 0 Å². The van der Waals surface area contributed by atoms with Gasteiger partial charge in [-0.2, -0.15) is 0 Å². The summed E-state index contributed by atoms with van der Waals surface area (Å²) in [6.07, 6.45) is 3.92. The minimum absolute atomic E-state index is 0.696. The number of imidazole rings is 1. The van der Waals surface area contributed by atoms with Gasteiger partial charge < -0.3 is 9.88 Å². The molecular formula is C9H16N4. The highest BCUT2D eigenvalue weighted by Gasteiger charge is 2.21. The van der Waals surface area contributed by atoms with E-state index in [1.807, 2.05) is 17.9 Å². The zero-order chi connectivity index (χ0) is 9.26. The topological polar surface area (TPSA) is 33.1 Å². The Labute approximate surface area is 78.6 Å². The highest BCUT2D eigenvalue weighted by atomic mass is 15.2. The van der Waals surface area contributed by atoms with Crippen LogP contribution in [-0.4, -0.2) is 40.6 Å². The van der Waals surface area contributed by atoms with Crippen LogP contribution in [0.2, 0.25) is 0 Å². The molecule has 1 N–H and O–H groups in total. The lowest BCUT2D eigenvalue weighted by molar-refractivity contribution is 0.171. The number of aryl methyl sites for hydroxylation is 1. The van der Waals surface area contributed by atoms with Crippen LogP contribution in [0, 0.1) is 0 Å². The summed E-state index contributed by atoms with van der Waals surface area (Å²) in [5.74, 6) is 0. The molecule has 72 valence electrons. The maximum Gasteiger partial charge on any atom is 0.0947 e. The molecule has 0 aliphatic carbocycles. The van der Waals surface area contributed by atoms with Crippen molar-refractivity contribution in [2.24, 2.45) is 7.05 Å². The molecule has 0 bridgehead atoms. The quantitative estimate of drug-likeness (QED) is 0.700. The number of likely N-dealkylation sites (N-methyl/N-ethyl adjacent to an activating group) is 1. The number of nitrogens with zero attached hydrogens (tertiary/aromatic N) is 3. The first-order valence-corrected chi connectivity index (χ1v) is 4.63. The molecule has 1 saturated heterocycles. The second kappa shape index (κ2) is 3.47. The van der Waals surface area contributed by atoms with Crippen LogP contribution >= 0.6 is 0 Å². The van der Waals surface area contributed by atoms with E-state index in [4.69, 9.17) is 0 Å². The Hall–Kier alpha value is -0.870. The fourth-order valence-electron chi connectivity index (χ4n) is 1.52. The van der Waals surface area contributed by atoms with Crippen LogP contribution in [0.3, 0.4) is 0 Å². The zero-order valence-corrected chi connectivity index (χ0v) is 8.20. The van der Waals surface area contributed by atoms with Gasteiger partial charge in [0.25, 0.3) is 0 Å². The van der Waals surface area contributed by atoms with Gasteiger partial charge in [-0.25, -0.2) is 4.98 Å². The van der Waals surface area contributed by atoms with Gasteiger partial charge in [0.15, 0.2) is 0 Å². The third-order valence-corrected chi connectivity index (χ3v) is 2.55. The van der Waals surface area contributed by atoms with Gasteiger partial charge in [0.1, 0.15) is 0 Å². The van der Waals surface area contributed by atoms with Crippen molar-refractivity contribution in [1.29, 1.82) is 0 Å². The van der Waals surface area contributed by atoms with E-state index in [0.29, 0.717) is 6.04 Å². The van der Waals surface area contributed by atoms with Crippen LogP contribution in [0.5, 0.6) is 0 Å². The molecule has 2 heterocycles. The molecule has 2 rings (SSSR count). The Balaban J connectivity index is 1.89. The van der Waals surface area contributed by atoms with E-state index in [9.17, 15) is 0 Å². The maximum absolute atomic E-state index is 4.30. The van der Waals surface area contributed by atoms with Crippen molar-refractivity contribution in [2.75, 3.05) is 20.1 Å². The molecule has 0 spiro atoms. The monoisotopic (exact) mass is 180 g/mol. The second-order valence-electron chi connectivity index (χ2n) is 3.76. The second-order valence-corrected chi connectivity index (χ2v) is 3.76. The molecule has 13 heavy (non-hydrogen) atoms. The van der Waals surface area contributed by atoms with E-state index in [1.54, 1.807) is 0 Å². The van der Waals surface area contributed by atoms with Crippen molar-refractivity contribution < 1.29 is 0 Å². The van der Waals surface area contributed by atoms with E-state index >= 15 is 0 Å². The van der Waals surface area contributed by atoms with E-state index in [1.165, 1.54) is 0 Å². The Kier molecular flexibility index (Phi) is 2.33. The molecule has 0 amide bonds. The van der Waals surface area contributed by atoms with Crippen molar-refractivity contribution >= 4 is 0 Å². The number of hydrogen-bond donors (Lipinski definition) is 1. The lowest BCUT2D eigenvalue weighted by Crippen LogP contribution is -2.55. The van der Waals surface area contributed by atoms with Gasteiger partial charge in [-0.05, 0) is 7.05 Å². The maximum atomic E-state index is 4.30. The molecule has 0 saturated carbocycles. The normalized spacial score (nSPS) is 17.8. The Bertz CT molecular complexity index is 277. The third-order valence-electron chi connectivity index (χ3n) is 2.55. The van der Waals surface area contributed by atoms with Crippen molar-refractivity contribution in [2.45, 2.75) is 12.6 Å². The first-order chi connectivity index (χ1) is 6.25. The van der Waals surface area contributed by atoms with Crippen molar-refractivity contribution in [3.8, 4) is 0 Å². The van der Waals surface area contributed by atoms with Crippen LogP contribution in [-0.2, 0) is 13.6 Å². The molecule has 4 heteroatoms. The minimum Gasteiger partial charge on any atom is -0.340 e. The summed E-state index contributed by atoms with van der Waals surface area (Å²) in [7, 11) is 4.15. The predicted octanol–water partition coefficient (Wildman–Crippen LogP) is -0.176. The molecule has 1 aromatic rings. The predicted molar refractivity (Wildman–Crippen MR) is 51.3 cm³/mol. The first-order valence-electron chi connectivity index (χ1n) is 4.63. The molecule has 1 aliphatic heterocycles. The Morgan fingerprint density at radius 1 is 1.69 bits per heavy atom. The fourth-order valence-corrected chi connectivity index (χ4v) is 1.52. The molecule has 1 aromatic heterocycles. The minimum atomic E-state index is 0.696. The lowest BCUT2D eigenvalue weighted by atomic mass is 10.1. The van der Waals surface area contributed by atoms with E-state index in [0.717, 1.165) is 25.3 Å². The Morgan fingerprint density at radius 3 is 2.92 bits per heavy atom. The summed E-state index contributed by atoms with van der Waals surface area (Å²) in [6, 6.07) is 0.696. The van der Waals surface area contributed by atoms with E-state index in [-0.39, 0.29) is 0 Å². The largest absolute Gasteiger partial charge is 0.340 e. The van der Waals surface area contributed by atoms with Crippen molar-refractivity contribution in [3.05, 3.63) is 18.2 Å². The summed E-state index contributed by atoms with van der Waals surface area (Å²) >= 11 is 0. The summed E-state index contributed by atoms with van der Waals surface area (Å²) in [4.78, 5) is 6.64. The smallest absolute Gasteiger partial charge is 0.0947 e. The van der Waals surface area contributed by atoms with Crippen molar-refractivity contribution in [3.63, 3.8) is 0 Å². The van der Waals surface area contributed by atoms with E-state index < -0.39 is 0 Å². The summed E-state index contributed by atoms with van der Waals surface area (Å²) in [5.41, 5.74) is 1.15. The van der Waals surface area contributed by atoms with Gasteiger partial charge in [0.2, 0.25) is 0 Å². The van der Waals surface area contributed by atoms with Crippen LogP contribution < -0.4 is 5.32 Å². The van der Waals surface area contributed by atoms with Gasteiger partial charge >= 0.3 is 0 Å². The van der Waals surface area contributed by atoms with Gasteiger partial charge in [-0.15, -0.1) is 0 Å². The standard InChI is InChI=1S/C9H16N4/c1-12-5-8(11-7-12)6-13(2)9-3-10-4-9/h5,7,9-10H,3-4,6H2,1-2H3. The number of rotatable bonds is 3. The lowest BCUT2D eigenvalue weighted by Gasteiger charge is -2.35. The molecule has 0 radical (unpaired) electrons. The zero-order valence-electron chi connectivity index (χ0n) is 8.20. The number of aromatic nitrogens is 2. The fraction of sp³-hybridized carbons (Fsp3) is 0.667.